The molecule has 1 N–H and O–H groups in total. The molecule has 148 valence electrons. The van der Waals surface area contributed by atoms with E-state index in [9.17, 15) is 9.59 Å². The number of piperidine rings is 1. The molecule has 3 amide bonds. The van der Waals surface area contributed by atoms with Crippen LogP contribution in [0.15, 0.2) is 24.3 Å². The molecule has 1 heterocycles. The molecule has 1 aliphatic carbocycles. The predicted octanol–water partition coefficient (Wildman–Crippen LogP) is 3.67. The van der Waals surface area contributed by atoms with Gasteiger partial charge in [-0.15, -0.1) is 0 Å². The molecule has 1 aliphatic heterocycles. The minimum absolute atomic E-state index is 0.0133. The van der Waals surface area contributed by atoms with E-state index in [0.717, 1.165) is 19.3 Å². The van der Waals surface area contributed by atoms with E-state index in [1.165, 1.54) is 11.1 Å². The number of nitrogens with one attached hydrogen (secondary N) is 1. The van der Waals surface area contributed by atoms with Gasteiger partial charge in [-0.2, -0.15) is 0 Å². The second-order valence-corrected chi connectivity index (χ2v) is 8.94. The summed E-state index contributed by atoms with van der Waals surface area (Å²) in [5.74, 6) is 0. The number of urea groups is 1. The molecule has 1 aromatic rings. The Labute approximate surface area is 161 Å². The molecule has 1 fully saturated rings. The van der Waals surface area contributed by atoms with Crippen molar-refractivity contribution in [3.63, 3.8) is 0 Å². The first-order chi connectivity index (χ1) is 12.6. The highest BCUT2D eigenvalue weighted by Gasteiger charge is 2.46. The van der Waals surface area contributed by atoms with Gasteiger partial charge in [-0.1, -0.05) is 24.3 Å². The number of amides is 3. The molecule has 0 bridgehead atoms. The fourth-order valence-corrected chi connectivity index (χ4v) is 4.22. The lowest BCUT2D eigenvalue weighted by Gasteiger charge is -2.40. The van der Waals surface area contributed by atoms with Crippen molar-refractivity contribution in [2.24, 2.45) is 0 Å². The van der Waals surface area contributed by atoms with E-state index in [4.69, 9.17) is 4.74 Å². The number of ether oxygens (including phenoxy) is 1. The molecule has 0 saturated carbocycles. The van der Waals surface area contributed by atoms with Crippen LogP contribution in [0.2, 0.25) is 0 Å². The summed E-state index contributed by atoms with van der Waals surface area (Å²) in [5.41, 5.74) is 2.06. The van der Waals surface area contributed by atoms with E-state index in [1.807, 2.05) is 31.7 Å². The zero-order chi connectivity index (χ0) is 19.8. The van der Waals surface area contributed by atoms with E-state index >= 15 is 0 Å². The summed E-state index contributed by atoms with van der Waals surface area (Å²) in [6.07, 6.45) is 2.42. The van der Waals surface area contributed by atoms with Crippen molar-refractivity contribution in [1.29, 1.82) is 0 Å². The number of carbonyl (C=O) groups is 2. The zero-order valence-electron chi connectivity index (χ0n) is 17.0. The van der Waals surface area contributed by atoms with Crippen LogP contribution in [0.3, 0.4) is 0 Å². The molecule has 3 rings (SSSR count). The molecule has 1 saturated heterocycles. The average Bonchev–Trinajstić information content (AvgIpc) is 2.88. The predicted molar refractivity (Wildman–Crippen MR) is 105 cm³/mol. The second kappa shape index (κ2) is 7.06. The lowest BCUT2D eigenvalue weighted by Crippen LogP contribution is -2.46. The molecule has 1 atom stereocenters. The third-order valence-corrected chi connectivity index (χ3v) is 5.58. The molecular formula is C21H31N3O3. The highest BCUT2D eigenvalue weighted by Crippen LogP contribution is 2.50. The van der Waals surface area contributed by atoms with E-state index in [0.29, 0.717) is 13.1 Å². The normalized spacial score (nSPS) is 20.9. The molecule has 2 aliphatic rings. The van der Waals surface area contributed by atoms with Gasteiger partial charge in [0.2, 0.25) is 0 Å². The number of hydrogen-bond donors (Lipinski definition) is 1. The SMILES string of the molecule is CN(C)C(=O)N[C@H]1CC2(CCN(C(=O)OC(C)(C)C)CC2)c2ccccc21. The van der Waals surface area contributed by atoms with Gasteiger partial charge in [-0.05, 0) is 51.2 Å². The minimum atomic E-state index is -0.478. The van der Waals surface area contributed by atoms with Crippen molar-refractivity contribution >= 4 is 12.1 Å². The maximum Gasteiger partial charge on any atom is 0.410 e. The van der Waals surface area contributed by atoms with E-state index < -0.39 is 5.60 Å². The smallest absolute Gasteiger partial charge is 0.410 e. The van der Waals surface area contributed by atoms with Crippen molar-refractivity contribution in [3.05, 3.63) is 35.4 Å². The quantitative estimate of drug-likeness (QED) is 0.817. The maximum absolute atomic E-state index is 12.4. The summed E-state index contributed by atoms with van der Waals surface area (Å²) in [7, 11) is 3.51. The Hall–Kier alpha value is -2.24. The molecule has 6 nitrogen and oxygen atoms in total. The Kier molecular flexibility index (Phi) is 5.10. The Morgan fingerprint density at radius 1 is 1.19 bits per heavy atom. The van der Waals surface area contributed by atoms with Crippen LogP contribution in [-0.4, -0.2) is 54.7 Å². The van der Waals surface area contributed by atoms with Gasteiger partial charge in [0.05, 0.1) is 6.04 Å². The fourth-order valence-electron chi connectivity index (χ4n) is 4.22. The van der Waals surface area contributed by atoms with E-state index in [-0.39, 0.29) is 23.6 Å². The van der Waals surface area contributed by atoms with Crippen LogP contribution in [0.1, 0.15) is 57.2 Å². The van der Waals surface area contributed by atoms with Gasteiger partial charge in [-0.3, -0.25) is 0 Å². The molecule has 1 aromatic carbocycles. The zero-order valence-corrected chi connectivity index (χ0v) is 17.0. The number of benzene rings is 1. The number of nitrogens with zero attached hydrogens (tertiary/aromatic N) is 2. The van der Waals surface area contributed by atoms with Crippen molar-refractivity contribution in [1.82, 2.24) is 15.1 Å². The Morgan fingerprint density at radius 3 is 2.41 bits per heavy atom. The Bertz CT molecular complexity index is 716. The molecule has 0 radical (unpaired) electrons. The summed E-state index contributed by atoms with van der Waals surface area (Å²) >= 11 is 0. The van der Waals surface area contributed by atoms with Gasteiger partial charge in [0.1, 0.15) is 5.60 Å². The van der Waals surface area contributed by atoms with Crippen molar-refractivity contribution in [2.45, 2.75) is 57.1 Å². The summed E-state index contributed by atoms with van der Waals surface area (Å²) in [6.45, 7) is 7.03. The van der Waals surface area contributed by atoms with Crippen molar-refractivity contribution in [3.8, 4) is 0 Å². The van der Waals surface area contributed by atoms with E-state index in [2.05, 4.69) is 23.5 Å². The summed E-state index contributed by atoms with van der Waals surface area (Å²) in [6, 6.07) is 8.34. The molecule has 1 spiro atoms. The minimum Gasteiger partial charge on any atom is -0.444 e. The van der Waals surface area contributed by atoms with Crippen LogP contribution in [0.25, 0.3) is 0 Å². The van der Waals surface area contributed by atoms with E-state index in [1.54, 1.807) is 19.0 Å². The van der Waals surface area contributed by atoms with Crippen LogP contribution in [0.4, 0.5) is 9.59 Å². The summed E-state index contributed by atoms with van der Waals surface area (Å²) < 4.78 is 5.52. The Balaban J connectivity index is 1.74. The van der Waals surface area contributed by atoms with Gasteiger partial charge < -0.3 is 19.9 Å². The first-order valence-electron chi connectivity index (χ1n) is 9.66. The molecule has 0 aromatic heterocycles. The highest BCUT2D eigenvalue weighted by atomic mass is 16.6. The van der Waals surface area contributed by atoms with Gasteiger partial charge in [-0.25, -0.2) is 9.59 Å². The number of carbonyl (C=O) groups excluding carboxylic acids is 2. The number of rotatable bonds is 1. The first-order valence-corrected chi connectivity index (χ1v) is 9.66. The van der Waals surface area contributed by atoms with Gasteiger partial charge >= 0.3 is 12.1 Å². The lowest BCUT2D eigenvalue weighted by atomic mass is 9.73. The van der Waals surface area contributed by atoms with Crippen LogP contribution < -0.4 is 5.32 Å². The van der Waals surface area contributed by atoms with Crippen LogP contribution in [-0.2, 0) is 10.2 Å². The fraction of sp³-hybridized carbons (Fsp3) is 0.619. The summed E-state index contributed by atoms with van der Waals surface area (Å²) in [5, 5.41) is 3.15. The highest BCUT2D eigenvalue weighted by molar-refractivity contribution is 5.74. The average molecular weight is 373 g/mol. The molecular weight excluding hydrogens is 342 g/mol. The Morgan fingerprint density at radius 2 is 1.81 bits per heavy atom. The monoisotopic (exact) mass is 373 g/mol. The van der Waals surface area contributed by atoms with Gasteiger partial charge in [0, 0.05) is 32.6 Å². The van der Waals surface area contributed by atoms with Gasteiger partial charge in [0.25, 0.3) is 0 Å². The largest absolute Gasteiger partial charge is 0.444 e. The standard InChI is InChI=1S/C21H31N3O3/c1-20(2,3)27-19(26)24-12-10-21(11-13-24)14-17(22-18(25)23(4)5)15-8-6-7-9-16(15)21/h6-9,17H,10-14H2,1-5H3,(H,22,25)/t17-/m0/s1. The lowest BCUT2D eigenvalue weighted by molar-refractivity contribution is 0.0161. The number of hydrogen-bond acceptors (Lipinski definition) is 3. The van der Waals surface area contributed by atoms with Crippen molar-refractivity contribution < 1.29 is 14.3 Å². The third-order valence-electron chi connectivity index (χ3n) is 5.58. The van der Waals surface area contributed by atoms with Gasteiger partial charge in [0.15, 0.2) is 0 Å². The second-order valence-electron chi connectivity index (χ2n) is 8.94. The molecule has 6 heteroatoms. The van der Waals surface area contributed by atoms with Crippen LogP contribution in [0, 0.1) is 0 Å². The summed E-state index contributed by atoms with van der Waals surface area (Å²) in [4.78, 5) is 28.0. The third kappa shape index (κ3) is 4.04. The number of fused-ring (bicyclic) bond motifs is 2. The molecule has 27 heavy (non-hydrogen) atoms. The number of likely N-dealkylation sites (tertiary alicyclic amines) is 1. The van der Waals surface area contributed by atoms with Crippen molar-refractivity contribution in [2.75, 3.05) is 27.2 Å². The maximum atomic E-state index is 12.4. The first kappa shape index (κ1) is 19.5. The topological polar surface area (TPSA) is 61.9 Å². The molecule has 0 unspecified atom stereocenters. The van der Waals surface area contributed by atoms with Crippen LogP contribution >= 0.6 is 0 Å². The van der Waals surface area contributed by atoms with Crippen LogP contribution in [0.5, 0.6) is 0 Å².